The predicted octanol–water partition coefficient (Wildman–Crippen LogP) is 2.31. The van der Waals surface area contributed by atoms with Crippen molar-refractivity contribution < 1.29 is 14.3 Å². The number of nitrogens with one attached hydrogen (secondary N) is 1. The molecule has 0 amide bonds. The maximum absolute atomic E-state index is 11.7. The van der Waals surface area contributed by atoms with Crippen molar-refractivity contribution in [1.29, 1.82) is 0 Å². The van der Waals surface area contributed by atoms with Crippen molar-refractivity contribution in [3.8, 4) is 0 Å². The SMILES string of the molecule is COC(=O)c1ccccc1NC1CCOCC1C. The smallest absolute Gasteiger partial charge is 0.339 e. The zero-order valence-electron chi connectivity index (χ0n) is 10.8. The Hall–Kier alpha value is -1.55. The third-order valence-corrected chi connectivity index (χ3v) is 3.31. The largest absolute Gasteiger partial charge is 0.465 e. The highest BCUT2D eigenvalue weighted by Gasteiger charge is 2.23. The fourth-order valence-corrected chi connectivity index (χ4v) is 2.19. The summed E-state index contributed by atoms with van der Waals surface area (Å²) in [6.45, 7) is 3.68. The Morgan fingerprint density at radius 1 is 1.44 bits per heavy atom. The number of carbonyl (C=O) groups excluding carboxylic acids is 1. The van der Waals surface area contributed by atoms with Crippen molar-refractivity contribution in [1.82, 2.24) is 0 Å². The van der Waals surface area contributed by atoms with Crippen molar-refractivity contribution in [3.05, 3.63) is 29.8 Å². The van der Waals surface area contributed by atoms with Gasteiger partial charge in [-0.25, -0.2) is 4.79 Å². The molecule has 1 saturated heterocycles. The van der Waals surface area contributed by atoms with Gasteiger partial charge in [-0.05, 0) is 24.5 Å². The van der Waals surface area contributed by atoms with Gasteiger partial charge in [0.2, 0.25) is 0 Å². The molecule has 2 atom stereocenters. The zero-order valence-corrected chi connectivity index (χ0v) is 10.8. The number of ether oxygens (including phenoxy) is 2. The molecule has 4 nitrogen and oxygen atoms in total. The number of para-hydroxylation sites is 1. The lowest BCUT2D eigenvalue weighted by molar-refractivity contribution is 0.0536. The number of methoxy groups -OCH3 is 1. The summed E-state index contributed by atoms with van der Waals surface area (Å²) in [6.07, 6.45) is 0.955. The number of anilines is 1. The van der Waals surface area contributed by atoms with E-state index in [1.54, 1.807) is 6.07 Å². The maximum atomic E-state index is 11.7. The van der Waals surface area contributed by atoms with Crippen LogP contribution in [-0.2, 0) is 9.47 Å². The first-order valence-corrected chi connectivity index (χ1v) is 6.24. The number of esters is 1. The molecule has 1 fully saturated rings. The fraction of sp³-hybridized carbons (Fsp3) is 0.500. The molecule has 0 aliphatic carbocycles. The molecule has 0 radical (unpaired) electrons. The van der Waals surface area contributed by atoms with Gasteiger partial charge in [-0.1, -0.05) is 19.1 Å². The zero-order chi connectivity index (χ0) is 13.0. The monoisotopic (exact) mass is 249 g/mol. The van der Waals surface area contributed by atoms with Crippen LogP contribution in [0, 0.1) is 5.92 Å². The van der Waals surface area contributed by atoms with Crippen LogP contribution in [0.25, 0.3) is 0 Å². The molecule has 0 spiro atoms. The van der Waals surface area contributed by atoms with Crippen LogP contribution in [0.3, 0.4) is 0 Å². The first-order valence-electron chi connectivity index (χ1n) is 6.24. The second-order valence-corrected chi connectivity index (χ2v) is 4.63. The van der Waals surface area contributed by atoms with Gasteiger partial charge >= 0.3 is 5.97 Å². The van der Waals surface area contributed by atoms with Gasteiger partial charge in [0.25, 0.3) is 0 Å². The van der Waals surface area contributed by atoms with E-state index in [4.69, 9.17) is 9.47 Å². The van der Waals surface area contributed by atoms with Gasteiger partial charge in [-0.15, -0.1) is 0 Å². The van der Waals surface area contributed by atoms with E-state index in [0.717, 1.165) is 25.3 Å². The Labute approximate surface area is 107 Å². The summed E-state index contributed by atoms with van der Waals surface area (Å²) in [4.78, 5) is 11.7. The molecule has 2 unspecified atom stereocenters. The number of hydrogen-bond donors (Lipinski definition) is 1. The van der Waals surface area contributed by atoms with Crippen LogP contribution >= 0.6 is 0 Å². The van der Waals surface area contributed by atoms with Gasteiger partial charge < -0.3 is 14.8 Å². The number of benzene rings is 1. The minimum absolute atomic E-state index is 0.308. The summed E-state index contributed by atoms with van der Waals surface area (Å²) < 4.78 is 10.2. The summed E-state index contributed by atoms with van der Waals surface area (Å²) in [7, 11) is 1.40. The Morgan fingerprint density at radius 3 is 2.94 bits per heavy atom. The molecule has 18 heavy (non-hydrogen) atoms. The molecular formula is C14H19NO3. The van der Waals surface area contributed by atoms with Crippen LogP contribution in [0.4, 0.5) is 5.69 Å². The standard InChI is InChI=1S/C14H19NO3/c1-10-9-18-8-7-12(10)15-13-6-4-3-5-11(13)14(16)17-2/h3-6,10,12,15H,7-9H2,1-2H3. The van der Waals surface area contributed by atoms with Crippen LogP contribution in [0.15, 0.2) is 24.3 Å². The highest BCUT2D eigenvalue weighted by molar-refractivity contribution is 5.95. The van der Waals surface area contributed by atoms with Gasteiger partial charge in [0.15, 0.2) is 0 Å². The van der Waals surface area contributed by atoms with Crippen molar-refractivity contribution in [2.45, 2.75) is 19.4 Å². The minimum Gasteiger partial charge on any atom is -0.465 e. The first-order chi connectivity index (χ1) is 8.72. The quantitative estimate of drug-likeness (QED) is 0.835. The molecule has 1 aromatic rings. The van der Waals surface area contributed by atoms with E-state index in [-0.39, 0.29) is 5.97 Å². The lowest BCUT2D eigenvalue weighted by Gasteiger charge is -2.30. The third-order valence-electron chi connectivity index (χ3n) is 3.31. The second-order valence-electron chi connectivity index (χ2n) is 4.63. The van der Waals surface area contributed by atoms with Crippen molar-refractivity contribution in [3.63, 3.8) is 0 Å². The molecule has 1 aliphatic heterocycles. The lowest BCUT2D eigenvalue weighted by atomic mass is 9.97. The average molecular weight is 249 g/mol. The van der Waals surface area contributed by atoms with Gasteiger partial charge in [-0.3, -0.25) is 0 Å². The Morgan fingerprint density at radius 2 is 2.22 bits per heavy atom. The summed E-state index contributed by atoms with van der Waals surface area (Å²) in [5.41, 5.74) is 1.42. The average Bonchev–Trinajstić information content (AvgIpc) is 2.41. The van der Waals surface area contributed by atoms with Crippen LogP contribution in [0.2, 0.25) is 0 Å². The first kappa shape index (κ1) is 12.9. The molecule has 1 N–H and O–H groups in total. The van der Waals surface area contributed by atoms with E-state index >= 15 is 0 Å². The van der Waals surface area contributed by atoms with E-state index in [0.29, 0.717) is 17.5 Å². The molecule has 2 rings (SSSR count). The summed E-state index contributed by atoms with van der Waals surface area (Å²) in [5.74, 6) is 0.127. The molecular weight excluding hydrogens is 230 g/mol. The molecule has 0 bridgehead atoms. The van der Waals surface area contributed by atoms with E-state index in [1.165, 1.54) is 7.11 Å². The minimum atomic E-state index is -0.308. The van der Waals surface area contributed by atoms with E-state index in [2.05, 4.69) is 12.2 Å². The van der Waals surface area contributed by atoms with Crippen LogP contribution in [-0.4, -0.2) is 32.3 Å². The van der Waals surface area contributed by atoms with Gasteiger partial charge in [0.05, 0.1) is 19.3 Å². The molecule has 0 aromatic heterocycles. The van der Waals surface area contributed by atoms with Crippen LogP contribution in [0.1, 0.15) is 23.7 Å². The maximum Gasteiger partial charge on any atom is 0.339 e. The molecule has 98 valence electrons. The summed E-state index contributed by atoms with van der Waals surface area (Å²) >= 11 is 0. The van der Waals surface area contributed by atoms with Crippen molar-refractivity contribution >= 4 is 11.7 Å². The van der Waals surface area contributed by atoms with E-state index < -0.39 is 0 Å². The van der Waals surface area contributed by atoms with Gasteiger partial charge in [-0.2, -0.15) is 0 Å². The number of carbonyl (C=O) groups is 1. The van der Waals surface area contributed by atoms with E-state index in [9.17, 15) is 4.79 Å². The highest BCUT2D eigenvalue weighted by Crippen LogP contribution is 2.22. The van der Waals surface area contributed by atoms with Crippen LogP contribution < -0.4 is 5.32 Å². The van der Waals surface area contributed by atoms with Crippen LogP contribution in [0.5, 0.6) is 0 Å². The topological polar surface area (TPSA) is 47.6 Å². The van der Waals surface area contributed by atoms with Crippen molar-refractivity contribution in [2.75, 3.05) is 25.6 Å². The Balaban J connectivity index is 2.15. The fourth-order valence-electron chi connectivity index (χ4n) is 2.19. The highest BCUT2D eigenvalue weighted by atomic mass is 16.5. The second kappa shape index (κ2) is 5.87. The number of hydrogen-bond acceptors (Lipinski definition) is 4. The molecule has 1 aliphatic rings. The molecule has 0 saturated carbocycles. The van der Waals surface area contributed by atoms with E-state index in [1.807, 2.05) is 18.2 Å². The van der Waals surface area contributed by atoms with Gasteiger partial charge in [0, 0.05) is 18.3 Å². The Bertz CT molecular complexity index is 419. The summed E-state index contributed by atoms with van der Waals surface area (Å²) in [6, 6.07) is 7.78. The Kier molecular flexibility index (Phi) is 4.20. The molecule has 1 heterocycles. The molecule has 1 aromatic carbocycles. The predicted molar refractivity (Wildman–Crippen MR) is 69.8 cm³/mol. The third kappa shape index (κ3) is 2.82. The summed E-state index contributed by atoms with van der Waals surface area (Å²) in [5, 5.41) is 3.43. The lowest BCUT2D eigenvalue weighted by Crippen LogP contribution is -2.36. The molecule has 4 heteroatoms. The number of rotatable bonds is 3. The van der Waals surface area contributed by atoms with Crippen molar-refractivity contribution in [2.24, 2.45) is 5.92 Å². The normalized spacial score (nSPS) is 23.4. The van der Waals surface area contributed by atoms with Gasteiger partial charge in [0.1, 0.15) is 0 Å².